The standard InChI is InChI=1S/C13H9N3O5/c17-13-4-3-10(16(18)19)8-15(13)7-9-6-12(21-14-9)11-2-1-5-20-11/h1-6,8H,7H2. The monoisotopic (exact) mass is 287 g/mol. The van der Waals surface area contributed by atoms with Gasteiger partial charge >= 0.3 is 0 Å². The molecule has 0 aromatic carbocycles. The summed E-state index contributed by atoms with van der Waals surface area (Å²) in [5, 5.41) is 14.5. The summed E-state index contributed by atoms with van der Waals surface area (Å²) in [5.41, 5.74) is -0.0588. The van der Waals surface area contributed by atoms with E-state index in [-0.39, 0.29) is 17.8 Å². The highest BCUT2D eigenvalue weighted by molar-refractivity contribution is 5.49. The van der Waals surface area contributed by atoms with Gasteiger partial charge in [-0.2, -0.15) is 0 Å². The molecule has 3 aromatic rings. The number of furan rings is 1. The Hall–Kier alpha value is -3.16. The molecular weight excluding hydrogens is 278 g/mol. The van der Waals surface area contributed by atoms with Gasteiger partial charge < -0.3 is 13.5 Å². The highest BCUT2D eigenvalue weighted by Crippen LogP contribution is 2.20. The Kier molecular flexibility index (Phi) is 3.11. The zero-order valence-electron chi connectivity index (χ0n) is 10.6. The molecule has 8 heteroatoms. The van der Waals surface area contributed by atoms with Crippen molar-refractivity contribution in [2.24, 2.45) is 0 Å². The molecule has 0 saturated carbocycles. The van der Waals surface area contributed by atoms with Crippen LogP contribution in [0.3, 0.4) is 0 Å². The zero-order valence-corrected chi connectivity index (χ0v) is 10.6. The van der Waals surface area contributed by atoms with Gasteiger partial charge in [-0.25, -0.2) is 0 Å². The normalized spacial score (nSPS) is 10.7. The smallest absolute Gasteiger partial charge is 0.285 e. The second kappa shape index (κ2) is 5.08. The second-order valence-corrected chi connectivity index (χ2v) is 4.27. The molecule has 0 saturated heterocycles. The Labute approximate surface area is 117 Å². The first-order valence-corrected chi connectivity index (χ1v) is 5.98. The Morgan fingerprint density at radius 3 is 2.86 bits per heavy atom. The van der Waals surface area contributed by atoms with Crippen molar-refractivity contribution in [3.8, 4) is 11.5 Å². The van der Waals surface area contributed by atoms with E-state index in [4.69, 9.17) is 8.94 Å². The molecule has 106 valence electrons. The molecule has 0 atom stereocenters. The molecule has 0 unspecified atom stereocenters. The van der Waals surface area contributed by atoms with Gasteiger partial charge in [0.05, 0.1) is 23.9 Å². The number of pyridine rings is 1. The number of nitrogens with zero attached hydrogens (tertiary/aromatic N) is 3. The van der Waals surface area contributed by atoms with Gasteiger partial charge in [-0.3, -0.25) is 14.9 Å². The molecule has 0 bridgehead atoms. The molecule has 0 aliphatic heterocycles. The van der Waals surface area contributed by atoms with Crippen molar-refractivity contribution in [2.45, 2.75) is 6.54 Å². The number of rotatable bonds is 4. The van der Waals surface area contributed by atoms with Gasteiger partial charge in [-0.05, 0) is 12.1 Å². The molecule has 0 radical (unpaired) electrons. The van der Waals surface area contributed by atoms with E-state index < -0.39 is 4.92 Å². The Morgan fingerprint density at radius 1 is 1.29 bits per heavy atom. The van der Waals surface area contributed by atoms with E-state index >= 15 is 0 Å². The summed E-state index contributed by atoms with van der Waals surface area (Å²) in [5.74, 6) is 0.939. The van der Waals surface area contributed by atoms with Crippen molar-refractivity contribution in [3.63, 3.8) is 0 Å². The van der Waals surface area contributed by atoms with Crippen LogP contribution in [0.15, 0.2) is 56.5 Å². The second-order valence-electron chi connectivity index (χ2n) is 4.27. The van der Waals surface area contributed by atoms with Gasteiger partial charge in [0.15, 0.2) is 5.76 Å². The Morgan fingerprint density at radius 2 is 2.14 bits per heavy atom. The minimum absolute atomic E-state index is 0.0741. The van der Waals surface area contributed by atoms with Crippen molar-refractivity contribution in [1.29, 1.82) is 0 Å². The van der Waals surface area contributed by atoms with Gasteiger partial charge in [0, 0.05) is 18.2 Å². The van der Waals surface area contributed by atoms with Crippen LogP contribution in [-0.2, 0) is 6.54 Å². The van der Waals surface area contributed by atoms with E-state index in [0.29, 0.717) is 17.2 Å². The van der Waals surface area contributed by atoms with E-state index in [1.807, 2.05) is 0 Å². The third kappa shape index (κ3) is 2.59. The highest BCUT2D eigenvalue weighted by Gasteiger charge is 2.12. The zero-order chi connectivity index (χ0) is 14.8. The maximum Gasteiger partial charge on any atom is 0.285 e. The lowest BCUT2D eigenvalue weighted by atomic mass is 10.3. The molecular formula is C13H9N3O5. The van der Waals surface area contributed by atoms with Crippen LogP contribution in [-0.4, -0.2) is 14.6 Å². The SMILES string of the molecule is O=c1ccc([N+](=O)[O-])cn1Cc1cc(-c2ccco2)on1. The van der Waals surface area contributed by atoms with Gasteiger partial charge in [-0.1, -0.05) is 5.16 Å². The van der Waals surface area contributed by atoms with Crippen molar-refractivity contribution >= 4 is 5.69 Å². The average molecular weight is 287 g/mol. The largest absolute Gasteiger partial charge is 0.461 e. The van der Waals surface area contributed by atoms with Crippen LogP contribution in [0.4, 0.5) is 5.69 Å². The number of hydrogen-bond donors (Lipinski definition) is 0. The van der Waals surface area contributed by atoms with E-state index in [0.717, 1.165) is 12.1 Å². The van der Waals surface area contributed by atoms with Crippen LogP contribution in [0.25, 0.3) is 11.5 Å². The number of hydrogen-bond acceptors (Lipinski definition) is 6. The molecule has 3 aromatic heterocycles. The van der Waals surface area contributed by atoms with E-state index in [1.54, 1.807) is 18.2 Å². The lowest BCUT2D eigenvalue weighted by molar-refractivity contribution is -0.385. The first-order valence-electron chi connectivity index (χ1n) is 5.98. The molecule has 3 heterocycles. The quantitative estimate of drug-likeness (QED) is 0.537. The lowest BCUT2D eigenvalue weighted by Crippen LogP contribution is -2.19. The van der Waals surface area contributed by atoms with Crippen LogP contribution in [0, 0.1) is 10.1 Å². The average Bonchev–Trinajstić information content (AvgIpc) is 3.11. The molecule has 0 spiro atoms. The van der Waals surface area contributed by atoms with Crippen molar-refractivity contribution < 1.29 is 13.9 Å². The molecule has 0 aliphatic carbocycles. The molecule has 3 rings (SSSR count). The van der Waals surface area contributed by atoms with Crippen LogP contribution in [0.2, 0.25) is 0 Å². The molecule has 0 N–H and O–H groups in total. The molecule has 0 fully saturated rings. The molecule has 0 aliphatic rings. The summed E-state index contributed by atoms with van der Waals surface area (Å²) in [6.07, 6.45) is 2.67. The topological polar surface area (TPSA) is 104 Å². The van der Waals surface area contributed by atoms with Gasteiger partial charge in [0.25, 0.3) is 11.2 Å². The maximum atomic E-state index is 11.7. The summed E-state index contributed by atoms with van der Waals surface area (Å²) < 4.78 is 11.5. The predicted octanol–water partition coefficient (Wildman–Crippen LogP) is 2.05. The number of nitro groups is 1. The van der Waals surface area contributed by atoms with Gasteiger partial charge in [0.2, 0.25) is 5.76 Å². The van der Waals surface area contributed by atoms with E-state index in [1.165, 1.54) is 17.0 Å². The first-order chi connectivity index (χ1) is 10.1. The van der Waals surface area contributed by atoms with Crippen molar-refractivity contribution in [1.82, 2.24) is 9.72 Å². The van der Waals surface area contributed by atoms with Crippen LogP contribution < -0.4 is 5.56 Å². The van der Waals surface area contributed by atoms with Gasteiger partial charge in [-0.15, -0.1) is 0 Å². The fourth-order valence-corrected chi connectivity index (χ4v) is 1.85. The summed E-state index contributed by atoms with van der Waals surface area (Å²) in [7, 11) is 0. The summed E-state index contributed by atoms with van der Waals surface area (Å²) in [6, 6.07) is 7.35. The molecule has 0 amide bonds. The summed E-state index contributed by atoms with van der Waals surface area (Å²) in [4.78, 5) is 21.9. The fraction of sp³-hybridized carbons (Fsp3) is 0.0769. The Balaban J connectivity index is 1.89. The Bertz CT molecular complexity index is 832. The summed E-state index contributed by atoms with van der Waals surface area (Å²) >= 11 is 0. The third-order valence-electron chi connectivity index (χ3n) is 2.83. The van der Waals surface area contributed by atoms with E-state index in [9.17, 15) is 14.9 Å². The van der Waals surface area contributed by atoms with Crippen molar-refractivity contribution in [2.75, 3.05) is 0 Å². The lowest BCUT2D eigenvalue weighted by Gasteiger charge is -2.01. The molecule has 21 heavy (non-hydrogen) atoms. The van der Waals surface area contributed by atoms with Gasteiger partial charge in [0.1, 0.15) is 5.69 Å². The molecule has 8 nitrogen and oxygen atoms in total. The van der Waals surface area contributed by atoms with Crippen LogP contribution in [0.1, 0.15) is 5.69 Å². The third-order valence-corrected chi connectivity index (χ3v) is 2.83. The summed E-state index contributed by atoms with van der Waals surface area (Å²) in [6.45, 7) is 0.0741. The minimum Gasteiger partial charge on any atom is -0.461 e. The highest BCUT2D eigenvalue weighted by atomic mass is 16.6. The maximum absolute atomic E-state index is 11.7. The van der Waals surface area contributed by atoms with E-state index in [2.05, 4.69) is 5.16 Å². The fourth-order valence-electron chi connectivity index (χ4n) is 1.85. The first kappa shape index (κ1) is 12.9. The predicted molar refractivity (Wildman–Crippen MR) is 70.7 cm³/mol. The van der Waals surface area contributed by atoms with Crippen LogP contribution in [0.5, 0.6) is 0 Å². The van der Waals surface area contributed by atoms with Crippen LogP contribution >= 0.6 is 0 Å². The minimum atomic E-state index is -0.562. The number of aromatic nitrogens is 2. The van der Waals surface area contributed by atoms with Crippen molar-refractivity contribution in [3.05, 3.63) is 69.0 Å².